The zero-order valence-corrected chi connectivity index (χ0v) is 12.3. The lowest BCUT2D eigenvalue weighted by Crippen LogP contribution is -2.36. The molecular weight excluding hydrogens is 267 g/mol. The minimum atomic E-state index is -0.269. The third-order valence-corrected chi connectivity index (χ3v) is 3.35. The van der Waals surface area contributed by atoms with Crippen molar-refractivity contribution >= 4 is 11.6 Å². The Morgan fingerprint density at radius 2 is 2.16 bits per heavy atom. The fourth-order valence-corrected chi connectivity index (χ4v) is 2.28. The second kappa shape index (κ2) is 8.48. The van der Waals surface area contributed by atoms with Gasteiger partial charge in [-0.25, -0.2) is 4.39 Å². The summed E-state index contributed by atoms with van der Waals surface area (Å²) in [6.45, 7) is 7.11. The van der Waals surface area contributed by atoms with Crippen LogP contribution >= 0.6 is 11.6 Å². The largest absolute Gasteiger partial charge is 0.380 e. The van der Waals surface area contributed by atoms with Gasteiger partial charge in [0, 0.05) is 30.3 Å². The van der Waals surface area contributed by atoms with Gasteiger partial charge in [0.15, 0.2) is 0 Å². The molecule has 0 fully saturated rings. The molecule has 0 radical (unpaired) electrons. The van der Waals surface area contributed by atoms with Crippen molar-refractivity contribution < 1.29 is 9.13 Å². The molecule has 0 aliphatic rings. The summed E-state index contributed by atoms with van der Waals surface area (Å²) >= 11 is 5.94. The summed E-state index contributed by atoms with van der Waals surface area (Å²) in [7, 11) is 0. The Labute approximate surface area is 119 Å². The Morgan fingerprint density at radius 1 is 1.42 bits per heavy atom. The lowest BCUT2D eigenvalue weighted by atomic mass is 10.0. The molecule has 0 aliphatic carbocycles. The molecule has 19 heavy (non-hydrogen) atoms. The van der Waals surface area contributed by atoms with E-state index in [0.717, 1.165) is 13.1 Å². The van der Waals surface area contributed by atoms with E-state index in [9.17, 15) is 4.39 Å². The lowest BCUT2D eigenvalue weighted by molar-refractivity contribution is 0.0972. The van der Waals surface area contributed by atoms with Gasteiger partial charge in [0.2, 0.25) is 0 Å². The Kier molecular flexibility index (Phi) is 7.31. The molecule has 0 saturated carbocycles. The van der Waals surface area contributed by atoms with Gasteiger partial charge in [-0.2, -0.15) is 0 Å². The summed E-state index contributed by atoms with van der Waals surface area (Å²) in [5.41, 5.74) is 6.36. The molecule has 0 aromatic heterocycles. The van der Waals surface area contributed by atoms with Crippen LogP contribution in [0.1, 0.15) is 25.5 Å². The van der Waals surface area contributed by atoms with E-state index >= 15 is 0 Å². The fourth-order valence-electron chi connectivity index (χ4n) is 2.10. The number of likely N-dealkylation sites (N-methyl/N-ethyl adjacent to an activating group) is 1. The van der Waals surface area contributed by atoms with Crippen molar-refractivity contribution in [1.82, 2.24) is 4.90 Å². The standard InChI is InChI=1S/C14H22ClFN2O/c1-3-18(7-8-19-4-2)14(10-17)12-9-11(15)5-6-13(12)16/h5-6,9,14H,3-4,7-8,10,17H2,1-2H3. The smallest absolute Gasteiger partial charge is 0.128 e. The van der Waals surface area contributed by atoms with Crippen molar-refractivity contribution in [2.75, 3.05) is 32.8 Å². The highest BCUT2D eigenvalue weighted by Crippen LogP contribution is 2.25. The molecule has 1 unspecified atom stereocenters. The van der Waals surface area contributed by atoms with Crippen molar-refractivity contribution in [2.45, 2.75) is 19.9 Å². The van der Waals surface area contributed by atoms with Crippen LogP contribution in [0.3, 0.4) is 0 Å². The average Bonchev–Trinajstić information content (AvgIpc) is 2.41. The molecule has 0 amide bonds. The second-order valence-corrected chi connectivity index (χ2v) is 4.68. The predicted octanol–water partition coefficient (Wildman–Crippen LogP) is 2.84. The zero-order valence-electron chi connectivity index (χ0n) is 11.5. The van der Waals surface area contributed by atoms with E-state index in [-0.39, 0.29) is 11.9 Å². The zero-order chi connectivity index (χ0) is 14.3. The molecule has 0 spiro atoms. The molecule has 3 nitrogen and oxygen atoms in total. The molecule has 2 N–H and O–H groups in total. The summed E-state index contributed by atoms with van der Waals surface area (Å²) in [6, 6.07) is 4.41. The van der Waals surface area contributed by atoms with Crippen LogP contribution in [0.25, 0.3) is 0 Å². The average molecular weight is 289 g/mol. The summed E-state index contributed by atoms with van der Waals surface area (Å²) in [6.07, 6.45) is 0. The highest BCUT2D eigenvalue weighted by Gasteiger charge is 2.21. The minimum Gasteiger partial charge on any atom is -0.380 e. The third kappa shape index (κ3) is 4.73. The van der Waals surface area contributed by atoms with E-state index in [0.29, 0.717) is 30.3 Å². The Bertz CT molecular complexity index is 390. The van der Waals surface area contributed by atoms with Crippen LogP contribution in [0.4, 0.5) is 4.39 Å². The number of nitrogens with two attached hydrogens (primary N) is 1. The third-order valence-electron chi connectivity index (χ3n) is 3.11. The number of ether oxygens (including phenoxy) is 1. The first kappa shape index (κ1) is 16.4. The second-order valence-electron chi connectivity index (χ2n) is 4.24. The Hall–Kier alpha value is -0.680. The van der Waals surface area contributed by atoms with Gasteiger partial charge >= 0.3 is 0 Å². The number of hydrogen-bond acceptors (Lipinski definition) is 3. The number of benzene rings is 1. The SMILES string of the molecule is CCOCCN(CC)C(CN)c1cc(Cl)ccc1F. The van der Waals surface area contributed by atoms with E-state index in [4.69, 9.17) is 22.1 Å². The van der Waals surface area contributed by atoms with E-state index < -0.39 is 0 Å². The molecule has 1 aromatic carbocycles. The van der Waals surface area contributed by atoms with Crippen molar-refractivity contribution in [3.63, 3.8) is 0 Å². The van der Waals surface area contributed by atoms with Gasteiger partial charge in [-0.15, -0.1) is 0 Å². The van der Waals surface area contributed by atoms with Crippen LogP contribution in [0.15, 0.2) is 18.2 Å². The van der Waals surface area contributed by atoms with Gasteiger partial charge in [0.25, 0.3) is 0 Å². The summed E-state index contributed by atoms with van der Waals surface area (Å²) < 4.78 is 19.3. The summed E-state index contributed by atoms with van der Waals surface area (Å²) in [5.74, 6) is -0.269. The number of hydrogen-bond donors (Lipinski definition) is 1. The molecule has 108 valence electrons. The molecule has 0 bridgehead atoms. The monoisotopic (exact) mass is 288 g/mol. The van der Waals surface area contributed by atoms with Crippen LogP contribution in [-0.2, 0) is 4.74 Å². The van der Waals surface area contributed by atoms with Crippen molar-refractivity contribution in [2.24, 2.45) is 5.73 Å². The van der Waals surface area contributed by atoms with E-state index in [1.807, 2.05) is 13.8 Å². The minimum absolute atomic E-state index is 0.177. The maximum Gasteiger partial charge on any atom is 0.128 e. The van der Waals surface area contributed by atoms with Crippen molar-refractivity contribution in [1.29, 1.82) is 0 Å². The van der Waals surface area contributed by atoms with Crippen molar-refractivity contribution in [3.8, 4) is 0 Å². The van der Waals surface area contributed by atoms with Gasteiger partial charge in [-0.3, -0.25) is 4.90 Å². The van der Waals surface area contributed by atoms with Gasteiger partial charge in [0.05, 0.1) is 12.6 Å². The topological polar surface area (TPSA) is 38.5 Å². The molecule has 1 aromatic rings. The number of nitrogens with zero attached hydrogens (tertiary/aromatic N) is 1. The van der Waals surface area contributed by atoms with Crippen LogP contribution in [0.2, 0.25) is 5.02 Å². The van der Waals surface area contributed by atoms with Crippen LogP contribution < -0.4 is 5.73 Å². The summed E-state index contributed by atoms with van der Waals surface area (Å²) in [4.78, 5) is 2.10. The normalized spacial score (nSPS) is 12.9. The number of rotatable bonds is 8. The van der Waals surface area contributed by atoms with E-state index in [1.54, 1.807) is 12.1 Å². The first-order valence-corrected chi connectivity index (χ1v) is 6.98. The molecule has 0 aliphatic heterocycles. The van der Waals surface area contributed by atoms with Gasteiger partial charge in [0.1, 0.15) is 5.82 Å². The van der Waals surface area contributed by atoms with E-state index in [1.165, 1.54) is 6.07 Å². The van der Waals surface area contributed by atoms with Gasteiger partial charge in [-0.1, -0.05) is 18.5 Å². The predicted molar refractivity (Wildman–Crippen MR) is 76.9 cm³/mol. The first-order chi connectivity index (χ1) is 9.13. The maximum absolute atomic E-state index is 13.9. The molecule has 1 atom stereocenters. The lowest BCUT2D eigenvalue weighted by Gasteiger charge is -2.30. The van der Waals surface area contributed by atoms with Gasteiger partial charge in [-0.05, 0) is 31.7 Å². The first-order valence-electron chi connectivity index (χ1n) is 6.60. The van der Waals surface area contributed by atoms with E-state index in [2.05, 4.69) is 4.90 Å². The van der Waals surface area contributed by atoms with Crippen LogP contribution in [-0.4, -0.2) is 37.7 Å². The summed E-state index contributed by atoms with van der Waals surface area (Å²) in [5, 5.41) is 0.524. The highest BCUT2D eigenvalue weighted by molar-refractivity contribution is 6.30. The molecule has 0 saturated heterocycles. The number of halogens is 2. The van der Waals surface area contributed by atoms with Gasteiger partial charge < -0.3 is 10.5 Å². The Balaban J connectivity index is 2.86. The quantitative estimate of drug-likeness (QED) is 0.748. The fraction of sp³-hybridized carbons (Fsp3) is 0.571. The van der Waals surface area contributed by atoms with Crippen LogP contribution in [0, 0.1) is 5.82 Å². The molecular formula is C14H22ClFN2O. The molecule has 1 rings (SSSR count). The molecule has 5 heteroatoms. The van der Waals surface area contributed by atoms with Crippen molar-refractivity contribution in [3.05, 3.63) is 34.6 Å². The molecule has 0 heterocycles. The maximum atomic E-state index is 13.9. The highest BCUT2D eigenvalue weighted by atomic mass is 35.5. The van der Waals surface area contributed by atoms with Crippen LogP contribution in [0.5, 0.6) is 0 Å². The Morgan fingerprint density at radius 3 is 2.74 bits per heavy atom.